The second-order valence-corrected chi connectivity index (χ2v) is 9.85. The molecule has 154 valence electrons. The summed E-state index contributed by atoms with van der Waals surface area (Å²) in [5.41, 5.74) is -0.846. The Bertz CT molecular complexity index is 827. The summed E-state index contributed by atoms with van der Waals surface area (Å²) in [5.74, 6) is -0.301. The van der Waals surface area contributed by atoms with Crippen molar-refractivity contribution in [1.82, 2.24) is 14.5 Å². The minimum Gasteiger partial charge on any atom is -0.342 e. The van der Waals surface area contributed by atoms with Gasteiger partial charge in [0, 0.05) is 38.1 Å². The van der Waals surface area contributed by atoms with E-state index >= 15 is 0 Å². The smallest absolute Gasteiger partial charge is 0.248 e. The summed E-state index contributed by atoms with van der Waals surface area (Å²) in [6.07, 6.45) is 4.12. The molecule has 1 aromatic rings. The van der Waals surface area contributed by atoms with Crippen molar-refractivity contribution in [3.63, 3.8) is 0 Å². The summed E-state index contributed by atoms with van der Waals surface area (Å²) in [6.45, 7) is 2.51. The minimum absolute atomic E-state index is 0.0917. The molecule has 0 unspecified atom stereocenters. The predicted molar refractivity (Wildman–Crippen MR) is 106 cm³/mol. The van der Waals surface area contributed by atoms with E-state index in [1.54, 1.807) is 17.0 Å². The van der Waals surface area contributed by atoms with Crippen LogP contribution < -0.4 is 5.32 Å². The van der Waals surface area contributed by atoms with Crippen LogP contribution in [0.15, 0.2) is 29.2 Å². The van der Waals surface area contributed by atoms with Crippen LogP contribution in [0.4, 0.5) is 0 Å². The quantitative estimate of drug-likeness (QED) is 0.796. The molecule has 1 saturated heterocycles. The highest BCUT2D eigenvalue weighted by molar-refractivity contribution is 7.89. The fourth-order valence-electron chi connectivity index (χ4n) is 4.07. The van der Waals surface area contributed by atoms with Crippen LogP contribution >= 0.6 is 11.6 Å². The van der Waals surface area contributed by atoms with Gasteiger partial charge in [0.1, 0.15) is 5.54 Å². The molecule has 1 aliphatic carbocycles. The molecule has 9 heteroatoms. The van der Waals surface area contributed by atoms with E-state index in [1.165, 1.54) is 23.4 Å². The number of piperazine rings is 1. The van der Waals surface area contributed by atoms with Gasteiger partial charge in [-0.2, -0.15) is 4.31 Å². The number of sulfonamides is 1. The molecule has 0 spiro atoms. The SMILES string of the molecule is CC(=O)NC1(C(=O)N2CCN(S(=O)(=O)c3ccc(Cl)cc3)CC2)CCCCC1. The highest BCUT2D eigenvalue weighted by atomic mass is 35.5. The topological polar surface area (TPSA) is 86.8 Å². The van der Waals surface area contributed by atoms with Gasteiger partial charge in [0.25, 0.3) is 0 Å². The zero-order chi connectivity index (χ0) is 20.4. The van der Waals surface area contributed by atoms with Crippen LogP contribution in [0.3, 0.4) is 0 Å². The Kier molecular flexibility index (Phi) is 6.31. The number of nitrogens with zero attached hydrogens (tertiary/aromatic N) is 2. The molecule has 1 aromatic carbocycles. The van der Waals surface area contributed by atoms with E-state index in [9.17, 15) is 18.0 Å². The lowest BCUT2D eigenvalue weighted by Crippen LogP contribution is -2.63. The van der Waals surface area contributed by atoms with Gasteiger partial charge in [-0.3, -0.25) is 9.59 Å². The summed E-state index contributed by atoms with van der Waals surface area (Å²) >= 11 is 5.84. The third-order valence-corrected chi connectivity index (χ3v) is 7.67. The first kappa shape index (κ1) is 21.1. The van der Waals surface area contributed by atoms with Crippen LogP contribution in [0.1, 0.15) is 39.0 Å². The molecule has 7 nitrogen and oxygen atoms in total. The van der Waals surface area contributed by atoms with E-state index < -0.39 is 15.6 Å². The number of hydrogen-bond donors (Lipinski definition) is 1. The predicted octanol–water partition coefficient (Wildman–Crippen LogP) is 2.01. The maximum absolute atomic E-state index is 13.2. The van der Waals surface area contributed by atoms with Gasteiger partial charge in [-0.1, -0.05) is 30.9 Å². The summed E-state index contributed by atoms with van der Waals surface area (Å²) in [4.78, 5) is 26.8. The number of rotatable bonds is 4. The van der Waals surface area contributed by atoms with Crippen molar-refractivity contribution >= 4 is 33.4 Å². The van der Waals surface area contributed by atoms with E-state index in [4.69, 9.17) is 11.6 Å². The molecular formula is C19H26ClN3O4S. The minimum atomic E-state index is -3.62. The Morgan fingerprint density at radius 1 is 1.00 bits per heavy atom. The Hall–Kier alpha value is -1.64. The molecule has 1 heterocycles. The Morgan fingerprint density at radius 2 is 1.57 bits per heavy atom. The average molecular weight is 428 g/mol. The first-order valence-electron chi connectivity index (χ1n) is 9.58. The van der Waals surface area contributed by atoms with Crippen molar-refractivity contribution in [2.24, 2.45) is 0 Å². The fourth-order valence-corrected chi connectivity index (χ4v) is 5.62. The van der Waals surface area contributed by atoms with E-state index in [0.717, 1.165) is 19.3 Å². The lowest BCUT2D eigenvalue weighted by molar-refractivity contribution is -0.144. The van der Waals surface area contributed by atoms with Gasteiger partial charge in [-0.25, -0.2) is 8.42 Å². The zero-order valence-electron chi connectivity index (χ0n) is 16.0. The average Bonchev–Trinajstić information content (AvgIpc) is 2.68. The number of carbonyl (C=O) groups excluding carboxylic acids is 2. The molecule has 3 rings (SSSR count). The first-order valence-corrected chi connectivity index (χ1v) is 11.4. The molecule has 28 heavy (non-hydrogen) atoms. The molecule has 0 atom stereocenters. The molecule has 0 aromatic heterocycles. The second kappa shape index (κ2) is 8.39. The molecule has 1 N–H and O–H groups in total. The van der Waals surface area contributed by atoms with Crippen molar-refractivity contribution in [2.45, 2.75) is 49.5 Å². The standard InChI is InChI=1S/C19H26ClN3O4S/c1-15(24)21-19(9-3-2-4-10-19)18(25)22-11-13-23(14-12-22)28(26,27)17-7-5-16(20)6-8-17/h5-8H,2-4,9-14H2,1H3,(H,21,24). The molecule has 2 aliphatic rings. The second-order valence-electron chi connectivity index (χ2n) is 7.47. The van der Waals surface area contributed by atoms with Gasteiger partial charge in [-0.05, 0) is 37.1 Å². The van der Waals surface area contributed by atoms with Gasteiger partial charge in [0.05, 0.1) is 4.90 Å². The van der Waals surface area contributed by atoms with Crippen LogP contribution in [0.25, 0.3) is 0 Å². The summed E-state index contributed by atoms with van der Waals surface area (Å²) in [7, 11) is -3.62. The molecular weight excluding hydrogens is 402 g/mol. The Balaban J connectivity index is 1.69. The monoisotopic (exact) mass is 427 g/mol. The maximum atomic E-state index is 13.2. The molecule has 0 bridgehead atoms. The van der Waals surface area contributed by atoms with Gasteiger partial charge < -0.3 is 10.2 Å². The highest BCUT2D eigenvalue weighted by Gasteiger charge is 2.44. The first-order chi connectivity index (χ1) is 13.2. The van der Waals surface area contributed by atoms with Gasteiger partial charge >= 0.3 is 0 Å². The molecule has 2 amide bonds. The largest absolute Gasteiger partial charge is 0.342 e. The number of nitrogens with one attached hydrogen (secondary N) is 1. The van der Waals surface area contributed by atoms with E-state index in [0.29, 0.717) is 31.0 Å². The molecule has 1 aliphatic heterocycles. The van der Waals surface area contributed by atoms with E-state index in [1.807, 2.05) is 0 Å². The molecule has 0 radical (unpaired) electrons. The Labute approximate surface area is 171 Å². The third kappa shape index (κ3) is 4.34. The van der Waals surface area contributed by atoms with Gasteiger partial charge in [-0.15, -0.1) is 0 Å². The van der Waals surface area contributed by atoms with Crippen molar-refractivity contribution in [1.29, 1.82) is 0 Å². The normalized spacial score (nSPS) is 20.6. The van der Waals surface area contributed by atoms with Crippen molar-refractivity contribution in [2.75, 3.05) is 26.2 Å². The molecule has 1 saturated carbocycles. The van der Waals surface area contributed by atoms with Crippen molar-refractivity contribution < 1.29 is 18.0 Å². The summed E-state index contributed by atoms with van der Waals surface area (Å²) in [5, 5.41) is 3.37. The fraction of sp³-hybridized carbons (Fsp3) is 0.579. The van der Waals surface area contributed by atoms with Crippen LogP contribution in [-0.4, -0.2) is 61.2 Å². The van der Waals surface area contributed by atoms with Crippen LogP contribution in [0.2, 0.25) is 5.02 Å². The summed E-state index contributed by atoms with van der Waals surface area (Å²) < 4.78 is 27.0. The van der Waals surface area contributed by atoms with Crippen LogP contribution in [0, 0.1) is 0 Å². The zero-order valence-corrected chi connectivity index (χ0v) is 17.6. The number of amides is 2. The van der Waals surface area contributed by atoms with Crippen molar-refractivity contribution in [3.8, 4) is 0 Å². The van der Waals surface area contributed by atoms with E-state index in [-0.39, 0.29) is 29.8 Å². The Morgan fingerprint density at radius 3 is 2.11 bits per heavy atom. The van der Waals surface area contributed by atoms with Gasteiger partial charge in [0.2, 0.25) is 21.8 Å². The molecule has 2 fully saturated rings. The number of benzene rings is 1. The van der Waals surface area contributed by atoms with E-state index in [2.05, 4.69) is 5.32 Å². The van der Waals surface area contributed by atoms with Gasteiger partial charge in [0.15, 0.2) is 0 Å². The highest BCUT2D eigenvalue weighted by Crippen LogP contribution is 2.31. The maximum Gasteiger partial charge on any atom is 0.248 e. The number of hydrogen-bond acceptors (Lipinski definition) is 4. The van der Waals surface area contributed by atoms with Crippen molar-refractivity contribution in [3.05, 3.63) is 29.3 Å². The lowest BCUT2D eigenvalue weighted by atomic mass is 9.80. The van der Waals surface area contributed by atoms with Crippen LogP contribution in [0.5, 0.6) is 0 Å². The van der Waals surface area contributed by atoms with Crippen LogP contribution in [-0.2, 0) is 19.6 Å². The number of halogens is 1. The third-order valence-electron chi connectivity index (χ3n) is 5.51. The lowest BCUT2D eigenvalue weighted by Gasteiger charge is -2.42. The summed E-state index contributed by atoms with van der Waals surface area (Å²) in [6, 6.07) is 6.08. The number of carbonyl (C=O) groups is 2.